The van der Waals surface area contributed by atoms with Crippen LogP contribution in [0.2, 0.25) is 0 Å². The van der Waals surface area contributed by atoms with Gasteiger partial charge in [0.1, 0.15) is 5.60 Å². The predicted octanol–water partition coefficient (Wildman–Crippen LogP) is 1.64. The van der Waals surface area contributed by atoms with E-state index in [4.69, 9.17) is 10.9 Å². The molecule has 0 radical (unpaired) electrons. The fraction of sp³-hybridized carbons (Fsp3) is 0.875. The molecule has 1 fully saturated rings. The number of ether oxygens (including phenoxy) is 1. The van der Waals surface area contributed by atoms with Crippen molar-refractivity contribution in [1.29, 1.82) is 0 Å². The molecule has 0 unspecified atom stereocenters. The molecule has 1 amide bonds. The molecule has 13 heavy (non-hydrogen) atoms. The van der Waals surface area contributed by atoms with Crippen molar-refractivity contribution in [3.05, 3.63) is 0 Å². The third-order valence-corrected chi connectivity index (χ3v) is 1.98. The fourth-order valence-electron chi connectivity index (χ4n) is 0.506. The maximum absolute atomic E-state index is 10.0. The van der Waals surface area contributed by atoms with E-state index < -0.39 is 11.7 Å². The number of amides is 1. The highest BCUT2D eigenvalue weighted by atomic mass is 32.2. The largest absolute Gasteiger partial charge is 0.444 e. The first kappa shape index (κ1) is 12.6. The molecule has 78 valence electrons. The molecule has 1 aliphatic rings. The van der Waals surface area contributed by atoms with E-state index in [1.54, 1.807) is 20.8 Å². The Hall–Kier alpha value is -0.420. The molecule has 4 N–H and O–H groups in total. The van der Waals surface area contributed by atoms with Crippen molar-refractivity contribution in [3.63, 3.8) is 0 Å². The molecule has 5 heteroatoms. The van der Waals surface area contributed by atoms with Crippen LogP contribution in [0.3, 0.4) is 0 Å². The van der Waals surface area contributed by atoms with Gasteiger partial charge in [0, 0.05) is 5.25 Å². The summed E-state index contributed by atoms with van der Waals surface area (Å²) in [6.07, 6.45) is 1.97. The zero-order valence-electron chi connectivity index (χ0n) is 8.37. The average molecular weight is 206 g/mol. The topological polar surface area (TPSA) is 78.3 Å². The average Bonchev–Trinajstić information content (AvgIpc) is 2.62. The summed E-state index contributed by atoms with van der Waals surface area (Å²) >= 11 is 1.49. The van der Waals surface area contributed by atoms with Gasteiger partial charge in [-0.3, -0.25) is 5.14 Å². The lowest BCUT2D eigenvalue weighted by atomic mass is 10.2. The van der Waals surface area contributed by atoms with Crippen molar-refractivity contribution in [2.75, 3.05) is 0 Å². The molecule has 4 nitrogen and oxygen atoms in total. The van der Waals surface area contributed by atoms with Gasteiger partial charge in [-0.1, -0.05) is 11.9 Å². The molecule has 0 atom stereocenters. The molecule has 1 saturated carbocycles. The lowest BCUT2D eigenvalue weighted by Crippen LogP contribution is -2.27. The minimum atomic E-state index is -0.725. The molecular formula is C8H18N2O2S. The number of nitrogens with two attached hydrogens (primary N) is 2. The zero-order chi connectivity index (χ0) is 10.5. The van der Waals surface area contributed by atoms with Gasteiger partial charge in [-0.15, -0.1) is 0 Å². The van der Waals surface area contributed by atoms with Gasteiger partial charge in [-0.2, -0.15) is 0 Å². The Morgan fingerprint density at radius 1 is 1.46 bits per heavy atom. The van der Waals surface area contributed by atoms with Gasteiger partial charge < -0.3 is 10.5 Å². The van der Waals surface area contributed by atoms with Crippen molar-refractivity contribution >= 4 is 18.0 Å². The van der Waals surface area contributed by atoms with Crippen molar-refractivity contribution in [1.82, 2.24) is 0 Å². The number of hydrogen-bond donors (Lipinski definition) is 2. The Kier molecular flexibility index (Phi) is 5.17. The molecule has 0 aromatic heterocycles. The zero-order valence-corrected chi connectivity index (χ0v) is 9.19. The van der Waals surface area contributed by atoms with Crippen LogP contribution in [0, 0.1) is 0 Å². The summed E-state index contributed by atoms with van der Waals surface area (Å²) in [6.45, 7) is 5.28. The van der Waals surface area contributed by atoms with Crippen LogP contribution in [0.4, 0.5) is 4.79 Å². The van der Waals surface area contributed by atoms with Crippen LogP contribution in [0.15, 0.2) is 0 Å². The van der Waals surface area contributed by atoms with Crippen LogP contribution in [0.25, 0.3) is 0 Å². The Labute approximate surface area is 83.5 Å². The predicted molar refractivity (Wildman–Crippen MR) is 55.2 cm³/mol. The second-order valence-electron chi connectivity index (χ2n) is 3.87. The number of carbonyl (C=O) groups excluding carboxylic acids is 1. The Balaban J connectivity index is 0.000000243. The summed E-state index contributed by atoms with van der Waals surface area (Å²) in [5.41, 5.74) is 4.26. The van der Waals surface area contributed by atoms with Gasteiger partial charge in [0.2, 0.25) is 0 Å². The molecule has 0 spiro atoms. The van der Waals surface area contributed by atoms with E-state index in [2.05, 4.69) is 4.74 Å². The molecule has 0 aromatic carbocycles. The van der Waals surface area contributed by atoms with Gasteiger partial charge in [0.05, 0.1) is 0 Å². The quantitative estimate of drug-likeness (QED) is 0.639. The van der Waals surface area contributed by atoms with E-state index in [9.17, 15) is 4.79 Å². The standard InChI is InChI=1S/C5H11NO2.C3H7NS/c1-5(2,3)8-4(6)7;4-5-3-1-2-3/h1-3H3,(H2,6,7);3H,1-2,4H2. The second-order valence-corrected chi connectivity index (χ2v) is 4.81. The van der Waals surface area contributed by atoms with E-state index in [0.717, 1.165) is 5.25 Å². The highest BCUT2D eigenvalue weighted by molar-refractivity contribution is 7.97. The number of rotatable bonds is 1. The van der Waals surface area contributed by atoms with Gasteiger partial charge in [-0.05, 0) is 33.6 Å². The third-order valence-electron chi connectivity index (χ3n) is 1.12. The van der Waals surface area contributed by atoms with Crippen molar-refractivity contribution in [2.24, 2.45) is 10.9 Å². The highest BCUT2D eigenvalue weighted by Crippen LogP contribution is 2.29. The van der Waals surface area contributed by atoms with Crippen LogP contribution >= 0.6 is 11.9 Å². The number of primary amides is 1. The molecule has 0 aromatic rings. The second kappa shape index (κ2) is 5.34. The molecule has 1 rings (SSSR count). The minimum absolute atomic E-state index is 0.453. The Bertz CT molecular complexity index is 164. The van der Waals surface area contributed by atoms with Crippen molar-refractivity contribution < 1.29 is 9.53 Å². The smallest absolute Gasteiger partial charge is 0.405 e. The molecule has 0 saturated heterocycles. The Morgan fingerprint density at radius 3 is 1.92 bits per heavy atom. The molecular weight excluding hydrogens is 188 g/mol. The minimum Gasteiger partial charge on any atom is -0.444 e. The monoisotopic (exact) mass is 206 g/mol. The molecule has 1 aliphatic carbocycles. The lowest BCUT2D eigenvalue weighted by molar-refractivity contribution is 0.0600. The van der Waals surface area contributed by atoms with Crippen LogP contribution in [0.5, 0.6) is 0 Å². The SMILES string of the molecule is CC(C)(C)OC(N)=O.NSC1CC1. The summed E-state index contributed by atoms with van der Waals surface area (Å²) in [5.74, 6) is 0. The van der Waals surface area contributed by atoms with E-state index in [1.165, 1.54) is 24.8 Å². The molecule has 0 bridgehead atoms. The summed E-state index contributed by atoms with van der Waals surface area (Å²) in [5, 5.41) is 5.98. The van der Waals surface area contributed by atoms with E-state index >= 15 is 0 Å². The first-order valence-electron chi connectivity index (χ1n) is 4.19. The molecule has 0 heterocycles. The lowest BCUT2D eigenvalue weighted by Gasteiger charge is -2.16. The van der Waals surface area contributed by atoms with E-state index in [1.807, 2.05) is 0 Å². The fourth-order valence-corrected chi connectivity index (χ4v) is 0.914. The van der Waals surface area contributed by atoms with Gasteiger partial charge in [0.15, 0.2) is 0 Å². The van der Waals surface area contributed by atoms with Crippen LogP contribution < -0.4 is 10.9 Å². The highest BCUT2D eigenvalue weighted by Gasteiger charge is 2.19. The Morgan fingerprint density at radius 2 is 1.92 bits per heavy atom. The first-order valence-corrected chi connectivity index (χ1v) is 5.13. The molecule has 0 aliphatic heterocycles. The summed E-state index contributed by atoms with van der Waals surface area (Å²) < 4.78 is 4.58. The van der Waals surface area contributed by atoms with Gasteiger partial charge in [0.25, 0.3) is 0 Å². The number of carbonyl (C=O) groups is 1. The van der Waals surface area contributed by atoms with E-state index in [0.29, 0.717) is 0 Å². The van der Waals surface area contributed by atoms with Crippen molar-refractivity contribution in [3.8, 4) is 0 Å². The van der Waals surface area contributed by atoms with Crippen molar-refractivity contribution in [2.45, 2.75) is 44.5 Å². The summed E-state index contributed by atoms with van der Waals surface area (Å²) in [7, 11) is 0. The summed E-state index contributed by atoms with van der Waals surface area (Å²) in [6, 6.07) is 0. The normalized spacial score (nSPS) is 15.7. The van der Waals surface area contributed by atoms with Crippen LogP contribution in [0.1, 0.15) is 33.6 Å². The maximum atomic E-state index is 10.0. The van der Waals surface area contributed by atoms with Gasteiger partial charge in [-0.25, -0.2) is 4.79 Å². The van der Waals surface area contributed by atoms with Crippen LogP contribution in [-0.4, -0.2) is 16.9 Å². The maximum Gasteiger partial charge on any atom is 0.405 e. The first-order chi connectivity index (χ1) is 5.85. The number of hydrogen-bond acceptors (Lipinski definition) is 4. The summed E-state index contributed by atoms with van der Waals surface area (Å²) in [4.78, 5) is 10.0. The van der Waals surface area contributed by atoms with Gasteiger partial charge >= 0.3 is 6.09 Å². The third kappa shape index (κ3) is 11.6. The van der Waals surface area contributed by atoms with Crippen LogP contribution in [-0.2, 0) is 4.74 Å². The van der Waals surface area contributed by atoms with E-state index in [-0.39, 0.29) is 0 Å².